The largest absolute Gasteiger partial charge is 0.316 e. The van der Waals surface area contributed by atoms with Gasteiger partial charge in [-0.1, -0.05) is 36.8 Å². The molecule has 1 aromatic heterocycles. The van der Waals surface area contributed by atoms with Gasteiger partial charge in [-0.15, -0.1) is 0 Å². The zero-order valence-corrected chi connectivity index (χ0v) is 14.9. The van der Waals surface area contributed by atoms with Crippen LogP contribution in [0.1, 0.15) is 30.4 Å². The molecule has 0 spiro atoms. The standard InChI is InChI=1S/C23H23N3/c24-13-7-8-20-18-26(21-9-3-1-4-10-21)23-16-19(11-12-22(20)23)17-25-14-5-2-6-15-25/h1,3-4,7-12,16,18H,2,5-6,14-15,17H2/b8-7+. The summed E-state index contributed by atoms with van der Waals surface area (Å²) in [5.41, 5.74) is 4.77. The van der Waals surface area contributed by atoms with E-state index < -0.39 is 0 Å². The fourth-order valence-corrected chi connectivity index (χ4v) is 3.83. The van der Waals surface area contributed by atoms with Crippen molar-refractivity contribution in [3.63, 3.8) is 0 Å². The Kier molecular flexibility index (Phi) is 4.86. The highest BCUT2D eigenvalue weighted by Crippen LogP contribution is 2.28. The molecule has 0 amide bonds. The van der Waals surface area contributed by atoms with Gasteiger partial charge >= 0.3 is 0 Å². The zero-order valence-electron chi connectivity index (χ0n) is 14.9. The summed E-state index contributed by atoms with van der Waals surface area (Å²) in [5, 5.41) is 10.1. The van der Waals surface area contributed by atoms with Gasteiger partial charge in [0.05, 0.1) is 11.6 Å². The summed E-state index contributed by atoms with van der Waals surface area (Å²) in [4.78, 5) is 2.55. The van der Waals surface area contributed by atoms with Crippen molar-refractivity contribution in [3.05, 3.63) is 71.9 Å². The van der Waals surface area contributed by atoms with Crippen molar-refractivity contribution in [2.75, 3.05) is 13.1 Å². The molecule has 2 aromatic carbocycles. The average Bonchev–Trinajstić information content (AvgIpc) is 3.06. The van der Waals surface area contributed by atoms with E-state index in [9.17, 15) is 0 Å². The summed E-state index contributed by atoms with van der Waals surface area (Å²) in [6, 6.07) is 19.2. The minimum Gasteiger partial charge on any atom is -0.316 e. The molecule has 0 N–H and O–H groups in total. The van der Waals surface area contributed by atoms with Crippen LogP contribution in [0.5, 0.6) is 0 Å². The molecule has 130 valence electrons. The number of benzene rings is 2. The van der Waals surface area contributed by atoms with Crippen LogP contribution in [0, 0.1) is 11.3 Å². The number of fused-ring (bicyclic) bond motifs is 1. The lowest BCUT2D eigenvalue weighted by atomic mass is 10.1. The Labute approximate surface area is 154 Å². The van der Waals surface area contributed by atoms with E-state index in [4.69, 9.17) is 5.26 Å². The third kappa shape index (κ3) is 3.42. The number of rotatable bonds is 4. The number of para-hydroxylation sites is 1. The molecular formula is C23H23N3. The molecule has 3 heteroatoms. The average molecular weight is 341 g/mol. The highest BCUT2D eigenvalue weighted by Gasteiger charge is 2.13. The minimum absolute atomic E-state index is 1.01. The van der Waals surface area contributed by atoms with Gasteiger partial charge in [-0.2, -0.15) is 5.26 Å². The molecule has 1 aliphatic heterocycles. The van der Waals surface area contributed by atoms with Gasteiger partial charge in [0.1, 0.15) is 0 Å². The lowest BCUT2D eigenvalue weighted by Crippen LogP contribution is -2.29. The molecule has 3 nitrogen and oxygen atoms in total. The fraction of sp³-hybridized carbons (Fsp3) is 0.261. The normalized spacial score (nSPS) is 15.5. The first-order valence-corrected chi connectivity index (χ1v) is 9.33. The van der Waals surface area contributed by atoms with Gasteiger partial charge in [0.15, 0.2) is 0 Å². The second-order valence-corrected chi connectivity index (χ2v) is 6.94. The maximum Gasteiger partial charge on any atom is 0.0912 e. The van der Waals surface area contributed by atoms with Gasteiger partial charge in [0.2, 0.25) is 0 Å². The van der Waals surface area contributed by atoms with E-state index in [2.05, 4.69) is 64.2 Å². The molecular weight excluding hydrogens is 318 g/mol. The van der Waals surface area contributed by atoms with E-state index in [1.165, 1.54) is 48.8 Å². The van der Waals surface area contributed by atoms with Crippen molar-refractivity contribution < 1.29 is 0 Å². The fourth-order valence-electron chi connectivity index (χ4n) is 3.83. The van der Waals surface area contributed by atoms with Crippen molar-refractivity contribution in [3.8, 4) is 11.8 Å². The summed E-state index contributed by atoms with van der Waals surface area (Å²) in [5.74, 6) is 0. The predicted octanol–water partition coefficient (Wildman–Crippen LogP) is 5.15. The highest BCUT2D eigenvalue weighted by molar-refractivity contribution is 5.91. The van der Waals surface area contributed by atoms with Crippen LogP contribution < -0.4 is 0 Å². The van der Waals surface area contributed by atoms with Crippen LogP contribution in [0.15, 0.2) is 60.8 Å². The number of aromatic nitrogens is 1. The number of piperidine rings is 1. The van der Waals surface area contributed by atoms with Crippen molar-refractivity contribution in [2.45, 2.75) is 25.8 Å². The van der Waals surface area contributed by atoms with Crippen LogP contribution in [0.2, 0.25) is 0 Å². The Morgan fingerprint density at radius 3 is 2.58 bits per heavy atom. The van der Waals surface area contributed by atoms with Crippen LogP contribution in [-0.2, 0) is 6.54 Å². The van der Waals surface area contributed by atoms with Crippen LogP contribution >= 0.6 is 0 Å². The summed E-state index contributed by atoms with van der Waals surface area (Å²) in [6.07, 6.45) is 9.55. The van der Waals surface area contributed by atoms with Gasteiger partial charge in [0.25, 0.3) is 0 Å². The molecule has 2 heterocycles. The molecule has 4 rings (SSSR count). The SMILES string of the molecule is N#C/C=C/c1cn(-c2ccccc2)c2cc(CN3CCCCC3)ccc12. The number of likely N-dealkylation sites (tertiary alicyclic amines) is 1. The molecule has 3 aromatic rings. The molecule has 0 aliphatic carbocycles. The lowest BCUT2D eigenvalue weighted by Gasteiger charge is -2.26. The van der Waals surface area contributed by atoms with Gasteiger partial charge < -0.3 is 4.57 Å². The summed E-state index contributed by atoms with van der Waals surface area (Å²) in [6.45, 7) is 3.42. The Bertz CT molecular complexity index is 954. The third-order valence-electron chi connectivity index (χ3n) is 5.13. The topological polar surface area (TPSA) is 32.0 Å². The maximum atomic E-state index is 8.90. The van der Waals surface area contributed by atoms with E-state index in [1.807, 2.05) is 12.1 Å². The molecule has 1 fully saturated rings. The first-order chi connectivity index (χ1) is 12.8. The Morgan fingerprint density at radius 2 is 1.81 bits per heavy atom. The molecule has 0 atom stereocenters. The van der Waals surface area contributed by atoms with E-state index in [0.29, 0.717) is 0 Å². The van der Waals surface area contributed by atoms with Crippen molar-refractivity contribution in [2.24, 2.45) is 0 Å². The first-order valence-electron chi connectivity index (χ1n) is 9.33. The monoisotopic (exact) mass is 341 g/mol. The Balaban J connectivity index is 1.77. The lowest BCUT2D eigenvalue weighted by molar-refractivity contribution is 0.221. The number of hydrogen-bond acceptors (Lipinski definition) is 2. The van der Waals surface area contributed by atoms with Crippen molar-refractivity contribution in [1.82, 2.24) is 9.47 Å². The first kappa shape index (κ1) is 16.6. The van der Waals surface area contributed by atoms with Crippen LogP contribution in [0.25, 0.3) is 22.7 Å². The number of allylic oxidation sites excluding steroid dienone is 1. The number of nitriles is 1. The van der Waals surface area contributed by atoms with E-state index >= 15 is 0 Å². The predicted molar refractivity (Wildman–Crippen MR) is 107 cm³/mol. The molecule has 0 bridgehead atoms. The van der Waals surface area contributed by atoms with Crippen LogP contribution in [0.4, 0.5) is 0 Å². The summed E-state index contributed by atoms with van der Waals surface area (Å²) in [7, 11) is 0. The quantitative estimate of drug-likeness (QED) is 0.614. The second-order valence-electron chi connectivity index (χ2n) is 6.94. The van der Waals surface area contributed by atoms with Gasteiger partial charge in [0, 0.05) is 35.5 Å². The molecule has 1 saturated heterocycles. The second kappa shape index (κ2) is 7.59. The van der Waals surface area contributed by atoms with E-state index in [-0.39, 0.29) is 0 Å². The van der Waals surface area contributed by atoms with Gasteiger partial charge in [-0.05, 0) is 55.8 Å². The smallest absolute Gasteiger partial charge is 0.0912 e. The summed E-state index contributed by atoms with van der Waals surface area (Å²) >= 11 is 0. The zero-order chi connectivity index (χ0) is 17.8. The van der Waals surface area contributed by atoms with Crippen LogP contribution in [-0.4, -0.2) is 22.6 Å². The van der Waals surface area contributed by atoms with Crippen molar-refractivity contribution >= 4 is 17.0 Å². The molecule has 0 radical (unpaired) electrons. The number of hydrogen-bond donors (Lipinski definition) is 0. The Morgan fingerprint density at radius 1 is 1.00 bits per heavy atom. The molecule has 0 saturated carbocycles. The molecule has 0 unspecified atom stereocenters. The van der Waals surface area contributed by atoms with Crippen molar-refractivity contribution in [1.29, 1.82) is 5.26 Å². The summed E-state index contributed by atoms with van der Waals surface area (Å²) < 4.78 is 2.23. The highest BCUT2D eigenvalue weighted by atomic mass is 15.1. The Hall–Kier alpha value is -2.83. The molecule has 1 aliphatic rings. The van der Waals surface area contributed by atoms with E-state index in [0.717, 1.165) is 17.8 Å². The van der Waals surface area contributed by atoms with Gasteiger partial charge in [-0.25, -0.2) is 0 Å². The number of nitrogens with zero attached hydrogens (tertiary/aromatic N) is 3. The minimum atomic E-state index is 1.01. The maximum absolute atomic E-state index is 8.90. The molecule has 26 heavy (non-hydrogen) atoms. The van der Waals surface area contributed by atoms with Gasteiger partial charge in [-0.3, -0.25) is 4.90 Å². The van der Waals surface area contributed by atoms with E-state index in [1.54, 1.807) is 6.08 Å². The third-order valence-corrected chi connectivity index (χ3v) is 5.13. The van der Waals surface area contributed by atoms with Crippen LogP contribution in [0.3, 0.4) is 0 Å².